The molecule has 3 N–H and O–H groups in total. The Labute approximate surface area is 56.3 Å². The Morgan fingerprint density at radius 3 is 2.56 bits per heavy atom. The lowest BCUT2D eigenvalue weighted by molar-refractivity contribution is 0.265. The highest BCUT2D eigenvalue weighted by molar-refractivity contribution is 6.42. The standard InChI is InChI=1S/C5H14BNO2/c1-5(2)3-4-6(8)9-7/h5,8H,3-4,7H2,1-2H3. The van der Waals surface area contributed by atoms with Gasteiger partial charge in [-0.15, -0.1) is 0 Å². The van der Waals surface area contributed by atoms with E-state index in [9.17, 15) is 0 Å². The van der Waals surface area contributed by atoms with E-state index in [-0.39, 0.29) is 0 Å². The highest BCUT2D eigenvalue weighted by Crippen LogP contribution is 2.05. The van der Waals surface area contributed by atoms with E-state index in [0.717, 1.165) is 6.42 Å². The topological polar surface area (TPSA) is 55.5 Å². The molecule has 0 aliphatic rings. The van der Waals surface area contributed by atoms with Crippen LogP contribution in [0, 0.1) is 5.92 Å². The van der Waals surface area contributed by atoms with Gasteiger partial charge in [0.2, 0.25) is 0 Å². The molecule has 0 saturated carbocycles. The molecular formula is C5H14BNO2. The van der Waals surface area contributed by atoms with Crippen molar-refractivity contribution in [3.8, 4) is 0 Å². The average molecular weight is 131 g/mol. The van der Waals surface area contributed by atoms with Crippen molar-refractivity contribution in [2.75, 3.05) is 0 Å². The predicted octanol–water partition coefficient (Wildman–Crippen LogP) is 0.403. The van der Waals surface area contributed by atoms with Crippen molar-refractivity contribution in [3.63, 3.8) is 0 Å². The van der Waals surface area contributed by atoms with Crippen LogP contribution in [0.1, 0.15) is 20.3 Å². The van der Waals surface area contributed by atoms with Gasteiger partial charge in [-0.25, -0.2) is 5.90 Å². The minimum Gasteiger partial charge on any atom is -0.426 e. The molecule has 0 aromatic heterocycles. The molecule has 9 heavy (non-hydrogen) atoms. The lowest BCUT2D eigenvalue weighted by Gasteiger charge is -2.04. The molecule has 0 aromatic carbocycles. The Kier molecular flexibility index (Phi) is 4.76. The molecule has 0 amide bonds. The average Bonchev–Trinajstić information content (AvgIpc) is 1.83. The van der Waals surface area contributed by atoms with Crippen molar-refractivity contribution >= 4 is 7.12 Å². The second kappa shape index (κ2) is 4.79. The van der Waals surface area contributed by atoms with E-state index in [4.69, 9.17) is 10.9 Å². The fraction of sp³-hybridized carbons (Fsp3) is 1.00. The van der Waals surface area contributed by atoms with Crippen LogP contribution in [0.4, 0.5) is 0 Å². The molecular weight excluding hydrogens is 117 g/mol. The number of hydrogen-bond acceptors (Lipinski definition) is 3. The Morgan fingerprint density at radius 1 is 1.67 bits per heavy atom. The summed E-state index contributed by atoms with van der Waals surface area (Å²) in [4.78, 5) is 0. The SMILES string of the molecule is CC(C)CCB(O)ON. The van der Waals surface area contributed by atoms with Crippen LogP contribution in [-0.2, 0) is 4.76 Å². The molecule has 0 aromatic rings. The van der Waals surface area contributed by atoms with Crippen LogP contribution < -0.4 is 5.90 Å². The number of nitrogens with two attached hydrogens (primary N) is 1. The first-order valence-corrected chi connectivity index (χ1v) is 3.20. The van der Waals surface area contributed by atoms with Gasteiger partial charge in [0.1, 0.15) is 0 Å². The summed E-state index contributed by atoms with van der Waals surface area (Å²) >= 11 is 0. The monoisotopic (exact) mass is 131 g/mol. The van der Waals surface area contributed by atoms with Crippen molar-refractivity contribution in [3.05, 3.63) is 0 Å². The molecule has 0 saturated heterocycles. The first kappa shape index (κ1) is 8.94. The maximum atomic E-state index is 8.76. The van der Waals surface area contributed by atoms with E-state index >= 15 is 0 Å². The van der Waals surface area contributed by atoms with E-state index in [2.05, 4.69) is 18.6 Å². The highest BCUT2D eigenvalue weighted by atomic mass is 16.6. The second-order valence-electron chi connectivity index (χ2n) is 2.56. The zero-order chi connectivity index (χ0) is 7.28. The number of hydrogen-bond donors (Lipinski definition) is 2. The molecule has 54 valence electrons. The largest absolute Gasteiger partial charge is 0.471 e. The molecule has 0 unspecified atom stereocenters. The molecule has 0 fully saturated rings. The quantitative estimate of drug-likeness (QED) is 0.429. The van der Waals surface area contributed by atoms with E-state index in [1.807, 2.05) is 0 Å². The summed E-state index contributed by atoms with van der Waals surface area (Å²) in [6.07, 6.45) is 1.56. The van der Waals surface area contributed by atoms with Crippen molar-refractivity contribution < 1.29 is 9.78 Å². The molecule has 0 radical (unpaired) electrons. The van der Waals surface area contributed by atoms with Gasteiger partial charge in [0.15, 0.2) is 0 Å². The Bertz CT molecular complexity index is 70.0. The summed E-state index contributed by atoms with van der Waals surface area (Å²) in [7, 11) is -0.785. The normalized spacial score (nSPS) is 10.3. The maximum absolute atomic E-state index is 8.76. The summed E-state index contributed by atoms with van der Waals surface area (Å²) in [6, 6.07) is 0. The van der Waals surface area contributed by atoms with Gasteiger partial charge in [-0.05, 0) is 12.2 Å². The van der Waals surface area contributed by atoms with Gasteiger partial charge in [-0.2, -0.15) is 0 Å². The molecule has 0 atom stereocenters. The highest BCUT2D eigenvalue weighted by Gasteiger charge is 2.10. The zero-order valence-electron chi connectivity index (χ0n) is 6.00. The van der Waals surface area contributed by atoms with E-state index < -0.39 is 7.12 Å². The Morgan fingerprint density at radius 2 is 2.22 bits per heavy atom. The lowest BCUT2D eigenvalue weighted by Crippen LogP contribution is -2.21. The van der Waals surface area contributed by atoms with Gasteiger partial charge in [0, 0.05) is 0 Å². The van der Waals surface area contributed by atoms with Gasteiger partial charge < -0.3 is 9.78 Å². The molecule has 4 heteroatoms. The fourth-order valence-corrected chi connectivity index (χ4v) is 0.544. The Balaban J connectivity index is 3.06. The van der Waals surface area contributed by atoms with Crippen LogP contribution in [0.3, 0.4) is 0 Å². The van der Waals surface area contributed by atoms with Crippen LogP contribution in [0.25, 0.3) is 0 Å². The first-order valence-electron chi connectivity index (χ1n) is 3.20. The summed E-state index contributed by atoms with van der Waals surface area (Å²) < 4.78 is 4.16. The van der Waals surface area contributed by atoms with E-state index in [1.165, 1.54) is 0 Å². The molecule has 0 aliphatic heterocycles. The Hall–Kier alpha value is -0.0551. The third-order valence-corrected chi connectivity index (χ3v) is 1.15. The van der Waals surface area contributed by atoms with Crippen LogP contribution in [0.2, 0.25) is 6.32 Å². The molecule has 0 bridgehead atoms. The van der Waals surface area contributed by atoms with Crippen LogP contribution in [0.5, 0.6) is 0 Å². The fourth-order valence-electron chi connectivity index (χ4n) is 0.544. The van der Waals surface area contributed by atoms with E-state index in [0.29, 0.717) is 12.2 Å². The summed E-state index contributed by atoms with van der Waals surface area (Å²) in [5.74, 6) is 5.30. The van der Waals surface area contributed by atoms with E-state index in [1.54, 1.807) is 0 Å². The van der Waals surface area contributed by atoms with Gasteiger partial charge in [0.25, 0.3) is 0 Å². The van der Waals surface area contributed by atoms with Crippen molar-refractivity contribution in [1.29, 1.82) is 0 Å². The maximum Gasteiger partial charge on any atom is 0.471 e. The molecule has 3 nitrogen and oxygen atoms in total. The molecule has 0 spiro atoms. The molecule has 0 rings (SSSR count). The smallest absolute Gasteiger partial charge is 0.426 e. The predicted molar refractivity (Wildman–Crippen MR) is 37.5 cm³/mol. The van der Waals surface area contributed by atoms with Crippen molar-refractivity contribution in [2.45, 2.75) is 26.6 Å². The second-order valence-corrected chi connectivity index (χ2v) is 2.56. The molecule has 0 heterocycles. The summed E-state index contributed by atoms with van der Waals surface area (Å²) in [5, 5.41) is 8.76. The zero-order valence-corrected chi connectivity index (χ0v) is 6.00. The summed E-state index contributed by atoms with van der Waals surface area (Å²) in [6.45, 7) is 4.17. The van der Waals surface area contributed by atoms with Crippen molar-refractivity contribution in [2.24, 2.45) is 11.8 Å². The van der Waals surface area contributed by atoms with Gasteiger partial charge >= 0.3 is 7.12 Å². The summed E-state index contributed by atoms with van der Waals surface area (Å²) in [5.41, 5.74) is 0. The van der Waals surface area contributed by atoms with Gasteiger partial charge in [-0.1, -0.05) is 20.3 Å². The van der Waals surface area contributed by atoms with Crippen LogP contribution in [0.15, 0.2) is 0 Å². The number of rotatable bonds is 4. The van der Waals surface area contributed by atoms with Crippen LogP contribution in [-0.4, -0.2) is 12.1 Å². The lowest BCUT2D eigenvalue weighted by atomic mass is 9.81. The third kappa shape index (κ3) is 5.82. The third-order valence-electron chi connectivity index (χ3n) is 1.15. The van der Waals surface area contributed by atoms with Gasteiger partial charge in [-0.3, -0.25) is 0 Å². The van der Waals surface area contributed by atoms with Crippen molar-refractivity contribution in [1.82, 2.24) is 0 Å². The molecule has 0 aliphatic carbocycles. The minimum absolute atomic E-state index is 0.592. The van der Waals surface area contributed by atoms with Gasteiger partial charge in [0.05, 0.1) is 0 Å². The minimum atomic E-state index is -0.785. The first-order chi connectivity index (χ1) is 4.16. The van der Waals surface area contributed by atoms with Crippen LogP contribution >= 0.6 is 0 Å².